The Morgan fingerprint density at radius 1 is 1.47 bits per heavy atom. The summed E-state index contributed by atoms with van der Waals surface area (Å²) in [6, 6.07) is 1.87. The van der Waals surface area contributed by atoms with Gasteiger partial charge in [0.15, 0.2) is 0 Å². The molecule has 7 heteroatoms. The van der Waals surface area contributed by atoms with Gasteiger partial charge in [0.25, 0.3) is 0 Å². The fourth-order valence-electron chi connectivity index (χ4n) is 2.48. The van der Waals surface area contributed by atoms with Crippen LogP contribution >= 0.6 is 0 Å². The minimum Gasteiger partial charge on any atom is -0.363 e. The molecule has 0 amide bonds. The van der Waals surface area contributed by atoms with Gasteiger partial charge < -0.3 is 10.7 Å². The number of nitrogens with one attached hydrogen (secondary N) is 1. The zero-order valence-corrected chi connectivity index (χ0v) is 12.3. The maximum atomic E-state index is 12.5. The molecule has 1 atom stereocenters. The van der Waals surface area contributed by atoms with Gasteiger partial charge in [0, 0.05) is 44.1 Å². The van der Waals surface area contributed by atoms with Crippen LogP contribution in [0.25, 0.3) is 0 Å². The van der Waals surface area contributed by atoms with Gasteiger partial charge in [-0.2, -0.15) is 4.31 Å². The van der Waals surface area contributed by atoms with Gasteiger partial charge in [0.05, 0.1) is 4.90 Å². The first-order valence-corrected chi connectivity index (χ1v) is 8.04. The molecule has 1 aliphatic rings. The van der Waals surface area contributed by atoms with Gasteiger partial charge in [-0.05, 0) is 19.5 Å². The highest BCUT2D eigenvalue weighted by Gasteiger charge is 2.32. The van der Waals surface area contributed by atoms with Gasteiger partial charge in [-0.3, -0.25) is 4.90 Å². The van der Waals surface area contributed by atoms with Gasteiger partial charge in [-0.15, -0.1) is 0 Å². The van der Waals surface area contributed by atoms with Crippen LogP contribution in [0.5, 0.6) is 0 Å². The lowest BCUT2D eigenvalue weighted by atomic mass is 10.2. The van der Waals surface area contributed by atoms with Crippen LogP contribution in [0.1, 0.15) is 19.5 Å². The average molecular weight is 286 g/mol. The smallest absolute Gasteiger partial charge is 0.244 e. The number of rotatable bonds is 4. The molecular weight excluding hydrogens is 264 g/mol. The molecule has 2 heterocycles. The summed E-state index contributed by atoms with van der Waals surface area (Å²) in [7, 11) is -3.40. The van der Waals surface area contributed by atoms with Crippen molar-refractivity contribution in [2.45, 2.75) is 31.3 Å². The molecule has 0 aromatic carbocycles. The van der Waals surface area contributed by atoms with Gasteiger partial charge in [0.2, 0.25) is 10.0 Å². The summed E-state index contributed by atoms with van der Waals surface area (Å²) >= 11 is 0. The van der Waals surface area contributed by atoms with E-state index in [1.54, 1.807) is 10.4 Å². The Hall–Kier alpha value is -0.890. The van der Waals surface area contributed by atoms with Crippen molar-refractivity contribution in [2.75, 3.05) is 26.2 Å². The zero-order valence-electron chi connectivity index (χ0n) is 11.5. The van der Waals surface area contributed by atoms with Crippen molar-refractivity contribution in [2.24, 2.45) is 5.73 Å². The standard InChI is InChI=1S/C12H22N4O2S/c1-3-15-4-5-16(9-10(15)2)19(17,18)12-6-11(7-13)14-8-12/h6,8,10,14H,3-5,7,9,13H2,1-2H3. The van der Waals surface area contributed by atoms with Crippen molar-refractivity contribution in [3.05, 3.63) is 18.0 Å². The Morgan fingerprint density at radius 3 is 2.74 bits per heavy atom. The van der Waals surface area contributed by atoms with Crippen molar-refractivity contribution in [3.8, 4) is 0 Å². The fourth-order valence-corrected chi connectivity index (χ4v) is 4.02. The Bertz CT molecular complexity index is 526. The second kappa shape index (κ2) is 5.62. The second-order valence-corrected chi connectivity index (χ2v) is 6.84. The van der Waals surface area contributed by atoms with E-state index in [0.29, 0.717) is 24.5 Å². The van der Waals surface area contributed by atoms with E-state index in [4.69, 9.17) is 5.73 Å². The molecule has 19 heavy (non-hydrogen) atoms. The Labute approximate surface area is 114 Å². The SMILES string of the molecule is CCN1CCN(S(=O)(=O)c2c[nH]c(CN)c2)CC1C. The van der Waals surface area contributed by atoms with Crippen molar-refractivity contribution in [1.82, 2.24) is 14.2 Å². The van der Waals surface area contributed by atoms with Crippen LogP contribution in [0.2, 0.25) is 0 Å². The maximum Gasteiger partial charge on any atom is 0.244 e. The third-order valence-corrected chi connectivity index (χ3v) is 5.55. The van der Waals surface area contributed by atoms with Crippen LogP contribution in [0.15, 0.2) is 17.2 Å². The normalized spacial score (nSPS) is 22.8. The lowest BCUT2D eigenvalue weighted by molar-refractivity contribution is 0.135. The molecule has 1 aromatic heterocycles. The minimum absolute atomic E-state index is 0.251. The molecule has 0 bridgehead atoms. The average Bonchev–Trinajstić information content (AvgIpc) is 2.88. The maximum absolute atomic E-state index is 12.5. The van der Waals surface area contributed by atoms with Crippen molar-refractivity contribution in [1.29, 1.82) is 0 Å². The first kappa shape index (κ1) is 14.5. The van der Waals surface area contributed by atoms with E-state index >= 15 is 0 Å². The second-order valence-electron chi connectivity index (χ2n) is 4.91. The number of piperazine rings is 1. The number of hydrogen-bond acceptors (Lipinski definition) is 4. The van der Waals surface area contributed by atoms with Gasteiger partial charge >= 0.3 is 0 Å². The number of aromatic amines is 1. The number of nitrogens with zero attached hydrogens (tertiary/aromatic N) is 2. The highest BCUT2D eigenvalue weighted by molar-refractivity contribution is 7.89. The largest absolute Gasteiger partial charge is 0.363 e. The lowest BCUT2D eigenvalue weighted by Gasteiger charge is -2.38. The Kier molecular flexibility index (Phi) is 4.29. The van der Waals surface area contributed by atoms with E-state index in [1.807, 2.05) is 0 Å². The van der Waals surface area contributed by atoms with E-state index in [-0.39, 0.29) is 6.04 Å². The van der Waals surface area contributed by atoms with Crippen LogP contribution in [0.4, 0.5) is 0 Å². The van der Waals surface area contributed by atoms with Crippen molar-refractivity contribution >= 4 is 10.0 Å². The quantitative estimate of drug-likeness (QED) is 0.827. The van der Waals surface area contributed by atoms with Crippen LogP contribution in [0, 0.1) is 0 Å². The van der Waals surface area contributed by atoms with Gasteiger partial charge in [0.1, 0.15) is 0 Å². The molecule has 1 aliphatic heterocycles. The number of likely N-dealkylation sites (N-methyl/N-ethyl adjacent to an activating group) is 1. The zero-order chi connectivity index (χ0) is 14.0. The molecule has 2 rings (SSSR count). The van der Waals surface area contributed by atoms with E-state index in [2.05, 4.69) is 23.7 Å². The van der Waals surface area contributed by atoms with Gasteiger partial charge in [-0.25, -0.2) is 8.42 Å². The predicted molar refractivity (Wildman–Crippen MR) is 74.2 cm³/mol. The molecule has 1 fully saturated rings. The Balaban J connectivity index is 2.17. The highest BCUT2D eigenvalue weighted by atomic mass is 32.2. The topological polar surface area (TPSA) is 82.4 Å². The molecule has 1 aromatic rings. The molecule has 0 saturated carbocycles. The molecule has 6 nitrogen and oxygen atoms in total. The van der Waals surface area contributed by atoms with E-state index in [1.165, 1.54) is 6.20 Å². The summed E-state index contributed by atoms with van der Waals surface area (Å²) in [6.45, 7) is 7.30. The predicted octanol–water partition coefficient (Wildman–Crippen LogP) is 0.188. The molecular formula is C12H22N4O2S. The number of nitrogens with two attached hydrogens (primary N) is 1. The minimum atomic E-state index is -3.40. The summed E-state index contributed by atoms with van der Waals surface area (Å²) < 4.78 is 26.6. The van der Waals surface area contributed by atoms with Gasteiger partial charge in [-0.1, -0.05) is 6.92 Å². The van der Waals surface area contributed by atoms with E-state index in [0.717, 1.165) is 18.8 Å². The fraction of sp³-hybridized carbons (Fsp3) is 0.667. The number of aromatic nitrogens is 1. The third-order valence-electron chi connectivity index (χ3n) is 3.71. The molecule has 3 N–H and O–H groups in total. The third kappa shape index (κ3) is 2.84. The van der Waals surface area contributed by atoms with E-state index in [9.17, 15) is 8.42 Å². The van der Waals surface area contributed by atoms with Crippen molar-refractivity contribution in [3.63, 3.8) is 0 Å². The molecule has 0 radical (unpaired) electrons. The Morgan fingerprint density at radius 2 is 2.21 bits per heavy atom. The highest BCUT2D eigenvalue weighted by Crippen LogP contribution is 2.20. The summed E-state index contributed by atoms with van der Waals surface area (Å²) in [6.07, 6.45) is 1.52. The molecule has 1 saturated heterocycles. The summed E-state index contributed by atoms with van der Waals surface area (Å²) in [5.74, 6) is 0. The van der Waals surface area contributed by atoms with Crippen LogP contribution in [-0.4, -0.2) is 54.8 Å². The van der Waals surface area contributed by atoms with Crippen LogP contribution in [-0.2, 0) is 16.6 Å². The summed E-state index contributed by atoms with van der Waals surface area (Å²) in [5, 5.41) is 0. The molecule has 1 unspecified atom stereocenters. The van der Waals surface area contributed by atoms with Crippen LogP contribution in [0.3, 0.4) is 0 Å². The number of H-pyrrole nitrogens is 1. The molecule has 0 aliphatic carbocycles. The van der Waals surface area contributed by atoms with E-state index < -0.39 is 10.0 Å². The molecule has 108 valence electrons. The monoisotopic (exact) mass is 286 g/mol. The lowest BCUT2D eigenvalue weighted by Crippen LogP contribution is -2.53. The molecule has 0 spiro atoms. The number of sulfonamides is 1. The summed E-state index contributed by atoms with van der Waals surface area (Å²) in [4.78, 5) is 5.49. The summed E-state index contributed by atoms with van der Waals surface area (Å²) in [5.41, 5.74) is 6.23. The first-order chi connectivity index (χ1) is 8.98. The van der Waals surface area contributed by atoms with Crippen molar-refractivity contribution < 1.29 is 8.42 Å². The van der Waals surface area contributed by atoms with Crippen LogP contribution < -0.4 is 5.73 Å². The number of hydrogen-bond donors (Lipinski definition) is 2. The first-order valence-electron chi connectivity index (χ1n) is 6.60.